The normalized spacial score (nSPS) is 12.2. The van der Waals surface area contributed by atoms with E-state index >= 15 is 0 Å². The maximum absolute atomic E-state index is 12.5. The molecule has 2 amide bonds. The fourth-order valence-corrected chi connectivity index (χ4v) is 16.1. The van der Waals surface area contributed by atoms with Crippen molar-refractivity contribution < 1.29 is 16.7 Å². The third kappa shape index (κ3) is 15.9. The number of hydrogen-bond donors (Lipinski definition) is 0. The SMILES string of the molecule is C#CC#CP(C#CC#C)CCC(=O)N1CCN(C(=O)CCC#CC#CC#CC#CPPPPP)CC1.[HH].[HH].[HH].[HH].[HH]. The second-order valence-corrected chi connectivity index (χ2v) is 19.7. The van der Waals surface area contributed by atoms with Gasteiger partial charge in [0.15, 0.2) is 0 Å². The first-order chi connectivity index (χ1) is 17.6. The van der Waals surface area contributed by atoms with Gasteiger partial charge < -0.3 is 9.80 Å². The smallest absolute Gasteiger partial charge is 0.223 e. The molecule has 0 N–H and O–H groups in total. The molecule has 0 aliphatic carbocycles. The van der Waals surface area contributed by atoms with Crippen LogP contribution in [-0.2, 0) is 9.59 Å². The molecular weight excluding hydrogens is 558 g/mol. The van der Waals surface area contributed by atoms with Crippen LogP contribution in [0.1, 0.15) is 26.4 Å². The number of carbonyl (C=O) groups is 2. The molecule has 0 saturated carbocycles. The van der Waals surface area contributed by atoms with Gasteiger partial charge in [0.2, 0.25) is 11.8 Å². The molecule has 190 valence electrons. The lowest BCUT2D eigenvalue weighted by Gasteiger charge is -2.35. The van der Waals surface area contributed by atoms with Gasteiger partial charge in [-0.2, -0.15) is 0 Å². The topological polar surface area (TPSA) is 40.6 Å². The monoisotopic (exact) mass is 592 g/mol. The van der Waals surface area contributed by atoms with E-state index in [-0.39, 0.29) is 18.9 Å². The predicted octanol–water partition coefficient (Wildman–Crippen LogP) is 4.95. The Labute approximate surface area is 233 Å². The number of rotatable bonds is 8. The molecule has 10 heteroatoms. The van der Waals surface area contributed by atoms with Crippen LogP contribution in [0.5, 0.6) is 0 Å². The number of terminal acetylenes is 2. The van der Waals surface area contributed by atoms with Gasteiger partial charge in [0.1, 0.15) is 0 Å². The Bertz CT molecular complexity index is 1230. The molecule has 1 fully saturated rings. The number of nitrogens with zero attached hydrogens (tertiary/aromatic N) is 2. The summed E-state index contributed by atoms with van der Waals surface area (Å²) < 4.78 is 0. The number of carbonyl (C=O) groups excluding carboxylic acids is 2. The largest absolute Gasteiger partial charge is 0.339 e. The molecule has 36 heavy (non-hydrogen) atoms. The van der Waals surface area contributed by atoms with Crippen molar-refractivity contribution in [3.63, 3.8) is 0 Å². The number of piperazine rings is 1. The van der Waals surface area contributed by atoms with Gasteiger partial charge in [0.25, 0.3) is 0 Å². The van der Waals surface area contributed by atoms with E-state index in [0.29, 0.717) is 59.9 Å². The quantitative estimate of drug-likeness (QED) is 0.228. The van der Waals surface area contributed by atoms with Crippen molar-refractivity contribution in [3.8, 4) is 95.0 Å². The summed E-state index contributed by atoms with van der Waals surface area (Å²) in [5.74, 6) is 28.7. The van der Waals surface area contributed by atoms with E-state index in [1.165, 1.54) is 0 Å². The summed E-state index contributed by atoms with van der Waals surface area (Å²) in [7, 11) is 5.25. The molecule has 5 unspecified atom stereocenters. The fourth-order valence-electron chi connectivity index (χ4n) is 2.63. The zero-order chi connectivity index (χ0) is 26.3. The van der Waals surface area contributed by atoms with E-state index in [0.717, 1.165) is 23.9 Å². The van der Waals surface area contributed by atoms with E-state index in [2.05, 4.69) is 91.0 Å². The minimum absolute atomic E-state index is 0. The van der Waals surface area contributed by atoms with Crippen molar-refractivity contribution >= 4 is 60.8 Å². The lowest BCUT2D eigenvalue weighted by Crippen LogP contribution is -2.50. The molecule has 0 spiro atoms. The Morgan fingerprint density at radius 2 is 1.36 bits per heavy atom. The molecular formula is C26H34N2O2P6. The van der Waals surface area contributed by atoms with E-state index < -0.39 is 7.92 Å². The molecule has 0 aromatic heterocycles. The maximum atomic E-state index is 12.5. The Morgan fingerprint density at radius 3 is 1.94 bits per heavy atom. The average Bonchev–Trinajstić information content (AvgIpc) is 2.90. The minimum atomic E-state index is -1.02. The summed E-state index contributed by atoms with van der Waals surface area (Å²) in [6, 6.07) is 0. The van der Waals surface area contributed by atoms with Crippen molar-refractivity contribution in [3.05, 3.63) is 0 Å². The van der Waals surface area contributed by atoms with E-state index in [9.17, 15) is 9.59 Å². The molecule has 0 aromatic rings. The average molecular weight is 592 g/mol. The van der Waals surface area contributed by atoms with Crippen molar-refractivity contribution in [1.82, 2.24) is 9.80 Å². The highest BCUT2D eigenvalue weighted by molar-refractivity contribution is 8.67. The Morgan fingerprint density at radius 1 is 0.806 bits per heavy atom. The van der Waals surface area contributed by atoms with Gasteiger partial charge in [-0.15, -0.1) is 21.8 Å². The maximum Gasteiger partial charge on any atom is 0.223 e. The lowest BCUT2D eigenvalue weighted by atomic mass is 10.2. The van der Waals surface area contributed by atoms with Crippen LogP contribution in [0.2, 0.25) is 0 Å². The molecule has 1 rings (SSSR count). The summed E-state index contributed by atoms with van der Waals surface area (Å²) in [6.45, 7) is 2.03. The zero-order valence-electron chi connectivity index (χ0n) is 19.5. The van der Waals surface area contributed by atoms with Gasteiger partial charge >= 0.3 is 0 Å². The van der Waals surface area contributed by atoms with Crippen LogP contribution < -0.4 is 0 Å². The summed E-state index contributed by atoms with van der Waals surface area (Å²) in [6.07, 6.45) is 11.9. The molecule has 1 saturated heterocycles. The summed E-state index contributed by atoms with van der Waals surface area (Å²) in [5.41, 5.74) is 8.82. The second kappa shape index (κ2) is 22.2. The minimum Gasteiger partial charge on any atom is -0.339 e. The van der Waals surface area contributed by atoms with Crippen LogP contribution in [0, 0.1) is 95.0 Å². The molecule has 1 aliphatic rings. The molecule has 5 atom stereocenters. The van der Waals surface area contributed by atoms with Crippen LogP contribution in [0.25, 0.3) is 0 Å². The predicted molar refractivity (Wildman–Crippen MR) is 177 cm³/mol. The van der Waals surface area contributed by atoms with Crippen molar-refractivity contribution in [2.45, 2.75) is 19.3 Å². The third-order valence-corrected chi connectivity index (χ3v) is 18.7. The van der Waals surface area contributed by atoms with Crippen molar-refractivity contribution in [2.75, 3.05) is 32.3 Å². The third-order valence-electron chi connectivity index (χ3n) is 4.25. The lowest BCUT2D eigenvalue weighted by molar-refractivity contribution is -0.139. The van der Waals surface area contributed by atoms with Gasteiger partial charge in [0, 0.05) is 52.6 Å². The van der Waals surface area contributed by atoms with E-state index in [1.54, 1.807) is 9.80 Å². The van der Waals surface area contributed by atoms with Crippen LogP contribution in [0.15, 0.2) is 0 Å². The summed E-state index contributed by atoms with van der Waals surface area (Å²) >= 11 is 0. The molecule has 4 nitrogen and oxygen atoms in total. The van der Waals surface area contributed by atoms with Gasteiger partial charge in [-0.1, -0.05) is 35.5 Å². The van der Waals surface area contributed by atoms with Gasteiger partial charge in [-0.3, -0.25) is 9.59 Å². The first kappa shape index (κ1) is 32.0. The van der Waals surface area contributed by atoms with Crippen molar-refractivity contribution in [2.24, 2.45) is 0 Å². The molecule has 1 aliphatic heterocycles. The van der Waals surface area contributed by atoms with Gasteiger partial charge in [-0.25, -0.2) is 0 Å². The van der Waals surface area contributed by atoms with Crippen LogP contribution in [-0.4, -0.2) is 54.0 Å². The van der Waals surface area contributed by atoms with E-state index in [1.807, 2.05) is 0 Å². The zero-order valence-corrected chi connectivity index (χ0v) is 25.6. The highest BCUT2D eigenvalue weighted by atomic mass is 32.7. The van der Waals surface area contributed by atoms with Gasteiger partial charge in [0.05, 0.1) is 7.92 Å². The van der Waals surface area contributed by atoms with Gasteiger partial charge in [-0.05, 0) is 85.0 Å². The van der Waals surface area contributed by atoms with Crippen molar-refractivity contribution in [1.29, 1.82) is 0 Å². The highest BCUT2D eigenvalue weighted by Gasteiger charge is 2.23. The molecule has 1 heterocycles. The summed E-state index contributed by atoms with van der Waals surface area (Å²) in [5, 5.41) is 0. The first-order valence-electron chi connectivity index (χ1n) is 10.6. The summed E-state index contributed by atoms with van der Waals surface area (Å²) in [4.78, 5) is 28.5. The fraction of sp³-hybridized carbons (Fsp3) is 0.308. The number of amides is 2. The highest BCUT2D eigenvalue weighted by Crippen LogP contribution is 2.64. The molecule has 0 aromatic carbocycles. The van der Waals surface area contributed by atoms with Crippen LogP contribution in [0.4, 0.5) is 0 Å². The second-order valence-electron chi connectivity index (χ2n) is 6.50. The van der Waals surface area contributed by atoms with Crippen LogP contribution >= 0.6 is 49.0 Å². The van der Waals surface area contributed by atoms with Crippen LogP contribution in [0.3, 0.4) is 0 Å². The number of hydrogen-bond acceptors (Lipinski definition) is 2. The Hall–Kier alpha value is -2.00. The molecule has 0 radical (unpaired) electrons. The van der Waals surface area contributed by atoms with E-state index in [4.69, 9.17) is 12.8 Å². The Kier molecular flexibility index (Phi) is 19.8. The Balaban J connectivity index is -0.000000864. The molecule has 0 bridgehead atoms. The first-order valence-corrected chi connectivity index (χ1v) is 20.9. The standard InChI is InChI=1S/C26H24N2O2P6.5H2/c1-3-5-22-36(23-6-4-2)24-16-26(30)28-19-17-27(18-20-28)25(29)15-13-11-9-7-8-10-12-14-21-32-34-35-33-31;;;;;/h1-2,32-35H,13,15-20,24,31H2;5*1H.